The van der Waals surface area contributed by atoms with Crippen molar-refractivity contribution in [3.05, 3.63) is 95.8 Å². The van der Waals surface area contributed by atoms with E-state index < -0.39 is 11.7 Å². The maximum Gasteiger partial charge on any atom is 0.416 e. The van der Waals surface area contributed by atoms with Crippen LogP contribution in [0.3, 0.4) is 0 Å². The largest absolute Gasteiger partial charge is 0.416 e. The van der Waals surface area contributed by atoms with Gasteiger partial charge in [0.05, 0.1) is 5.56 Å². The van der Waals surface area contributed by atoms with E-state index in [4.69, 9.17) is 0 Å². The molecule has 210 valence electrons. The van der Waals surface area contributed by atoms with E-state index in [9.17, 15) is 18.0 Å². The second kappa shape index (κ2) is 12.3. The number of pyridine rings is 1. The number of hydrogen-bond acceptors (Lipinski definition) is 4. The predicted octanol–water partition coefficient (Wildman–Crippen LogP) is 6.93. The highest BCUT2D eigenvalue weighted by Crippen LogP contribution is 2.31. The lowest BCUT2D eigenvalue weighted by molar-refractivity contribution is -0.137. The molecule has 1 amide bonds. The zero-order valence-corrected chi connectivity index (χ0v) is 22.7. The van der Waals surface area contributed by atoms with Crippen LogP contribution in [0.4, 0.5) is 24.5 Å². The number of hydrogen-bond donors (Lipinski definition) is 0. The van der Waals surface area contributed by atoms with Crippen LogP contribution >= 0.6 is 0 Å². The summed E-state index contributed by atoms with van der Waals surface area (Å²) in [5, 5.41) is 0. The molecule has 0 spiro atoms. The third kappa shape index (κ3) is 6.73. The Morgan fingerprint density at radius 2 is 1.60 bits per heavy atom. The minimum atomic E-state index is -4.38. The molecular formula is C32H35F3N4O. The third-order valence-corrected chi connectivity index (χ3v) is 8.14. The van der Waals surface area contributed by atoms with Crippen molar-refractivity contribution in [2.75, 3.05) is 25.0 Å². The average molecular weight is 549 g/mol. The molecular weight excluding hydrogens is 513 g/mol. The van der Waals surface area contributed by atoms with Crippen LogP contribution in [0.5, 0.6) is 0 Å². The molecule has 2 aliphatic rings. The molecule has 1 aromatic heterocycles. The first-order chi connectivity index (χ1) is 19.3. The number of likely N-dealkylation sites (tertiary alicyclic amines) is 1. The van der Waals surface area contributed by atoms with Crippen LogP contribution in [0, 0.1) is 0 Å². The fraction of sp³-hybridized carbons (Fsp3) is 0.375. The molecule has 1 aliphatic carbocycles. The van der Waals surface area contributed by atoms with Crippen molar-refractivity contribution in [1.29, 1.82) is 0 Å². The molecule has 3 aromatic rings. The number of rotatable bonds is 8. The molecule has 2 fully saturated rings. The Labute approximate surface area is 233 Å². The number of alkyl halides is 3. The summed E-state index contributed by atoms with van der Waals surface area (Å²) in [6.07, 6.45) is 8.14. The van der Waals surface area contributed by atoms with E-state index in [-0.39, 0.29) is 11.9 Å². The topological polar surface area (TPSA) is 39.7 Å². The summed E-state index contributed by atoms with van der Waals surface area (Å²) in [5.41, 5.74) is 2.95. The van der Waals surface area contributed by atoms with Crippen molar-refractivity contribution >= 4 is 23.4 Å². The second-order valence-corrected chi connectivity index (χ2v) is 10.7. The van der Waals surface area contributed by atoms with Crippen LogP contribution in [-0.4, -0.2) is 52.9 Å². The molecule has 0 unspecified atom stereocenters. The van der Waals surface area contributed by atoms with Crippen molar-refractivity contribution in [1.82, 2.24) is 14.8 Å². The number of halogens is 3. The van der Waals surface area contributed by atoms with E-state index in [0.717, 1.165) is 48.6 Å². The summed E-state index contributed by atoms with van der Waals surface area (Å²) in [4.78, 5) is 24.2. The van der Waals surface area contributed by atoms with E-state index in [1.54, 1.807) is 18.5 Å². The summed E-state index contributed by atoms with van der Waals surface area (Å²) in [6, 6.07) is 17.7. The molecule has 8 heteroatoms. The highest BCUT2D eigenvalue weighted by molar-refractivity contribution is 5.92. The molecule has 1 atom stereocenters. The molecule has 0 radical (unpaired) electrons. The maximum absolute atomic E-state index is 13.5. The van der Waals surface area contributed by atoms with Crippen LogP contribution in [0.2, 0.25) is 0 Å². The molecule has 1 saturated carbocycles. The first kappa shape index (κ1) is 27.9. The molecule has 2 aromatic carbocycles. The maximum atomic E-state index is 13.5. The van der Waals surface area contributed by atoms with Gasteiger partial charge in [0.2, 0.25) is 5.91 Å². The number of amides is 1. The lowest BCUT2D eigenvalue weighted by atomic mass is 10.1. The first-order valence-corrected chi connectivity index (χ1v) is 13.9. The molecule has 2 heterocycles. The normalized spacial score (nSPS) is 18.4. The van der Waals surface area contributed by atoms with Gasteiger partial charge in [-0.1, -0.05) is 37.1 Å². The summed E-state index contributed by atoms with van der Waals surface area (Å²) >= 11 is 0. The van der Waals surface area contributed by atoms with Crippen molar-refractivity contribution in [3.63, 3.8) is 0 Å². The molecule has 0 bridgehead atoms. The molecule has 5 rings (SSSR count). The van der Waals surface area contributed by atoms with Gasteiger partial charge < -0.3 is 9.80 Å². The fourth-order valence-electron chi connectivity index (χ4n) is 5.80. The Balaban J connectivity index is 1.32. The van der Waals surface area contributed by atoms with Gasteiger partial charge in [-0.15, -0.1) is 0 Å². The van der Waals surface area contributed by atoms with E-state index in [0.29, 0.717) is 18.2 Å². The monoisotopic (exact) mass is 548 g/mol. The molecule has 1 aliphatic heterocycles. The van der Waals surface area contributed by atoms with Gasteiger partial charge in [0.25, 0.3) is 0 Å². The molecule has 40 heavy (non-hydrogen) atoms. The smallest absolute Gasteiger partial charge is 0.345 e. The molecule has 5 nitrogen and oxygen atoms in total. The standard InChI is InChI=1S/C32H35F3N4O/c1-37(28-16-19-36-20-17-28)27-13-8-25(9-14-27)22-39(30-18-21-38(23-30)29-4-2-3-5-29)31(40)15-10-24-6-11-26(12-7-24)32(33,34)35/h6-17,19-20,29-30H,2-5,18,21-23H2,1H3/t30-/m0/s1. The van der Waals surface area contributed by atoms with Gasteiger partial charge in [-0.05, 0) is 72.9 Å². The van der Waals surface area contributed by atoms with E-state index in [1.165, 1.54) is 43.9 Å². The van der Waals surface area contributed by atoms with Crippen molar-refractivity contribution < 1.29 is 18.0 Å². The average Bonchev–Trinajstić information content (AvgIpc) is 3.68. The van der Waals surface area contributed by atoms with E-state index in [1.807, 2.05) is 24.1 Å². The van der Waals surface area contributed by atoms with Crippen LogP contribution < -0.4 is 4.90 Å². The Hall–Kier alpha value is -3.65. The summed E-state index contributed by atoms with van der Waals surface area (Å²) < 4.78 is 38.8. The molecule has 1 saturated heterocycles. The van der Waals surface area contributed by atoms with Gasteiger partial charge in [0.1, 0.15) is 0 Å². The second-order valence-electron chi connectivity index (χ2n) is 10.7. The Morgan fingerprint density at radius 1 is 0.950 bits per heavy atom. The lowest BCUT2D eigenvalue weighted by Crippen LogP contribution is -2.42. The van der Waals surface area contributed by atoms with E-state index >= 15 is 0 Å². The van der Waals surface area contributed by atoms with Crippen molar-refractivity contribution in [3.8, 4) is 0 Å². The number of aromatic nitrogens is 1. The fourth-order valence-corrected chi connectivity index (χ4v) is 5.80. The number of anilines is 2. The zero-order chi connectivity index (χ0) is 28.1. The number of carbonyl (C=O) groups excluding carboxylic acids is 1. The summed E-state index contributed by atoms with van der Waals surface area (Å²) in [6.45, 7) is 2.31. The first-order valence-electron chi connectivity index (χ1n) is 13.9. The summed E-state index contributed by atoms with van der Waals surface area (Å²) in [5.74, 6) is -0.129. The predicted molar refractivity (Wildman–Crippen MR) is 152 cm³/mol. The highest BCUT2D eigenvalue weighted by atomic mass is 19.4. The molecule has 0 N–H and O–H groups in total. The van der Waals surface area contributed by atoms with Gasteiger partial charge >= 0.3 is 6.18 Å². The quantitative estimate of drug-likeness (QED) is 0.286. The van der Waals surface area contributed by atoms with Gasteiger partial charge in [-0.25, -0.2) is 0 Å². The SMILES string of the molecule is CN(c1ccncc1)c1ccc(CN(C(=O)C=Cc2ccc(C(F)(F)F)cc2)[C@H]2CCN(C3CCCC3)C2)cc1. The summed E-state index contributed by atoms with van der Waals surface area (Å²) in [7, 11) is 2.00. The number of nitrogens with zero attached hydrogens (tertiary/aromatic N) is 4. The Bertz CT molecular complexity index is 1290. The lowest BCUT2D eigenvalue weighted by Gasteiger charge is -2.30. The van der Waals surface area contributed by atoms with Crippen LogP contribution in [0.25, 0.3) is 6.08 Å². The third-order valence-electron chi connectivity index (χ3n) is 8.14. The van der Waals surface area contributed by atoms with Crippen LogP contribution in [0.15, 0.2) is 79.1 Å². The van der Waals surface area contributed by atoms with Crippen molar-refractivity contribution in [2.45, 2.75) is 56.9 Å². The number of carbonyl (C=O) groups is 1. The van der Waals surface area contributed by atoms with Crippen LogP contribution in [0.1, 0.15) is 48.8 Å². The van der Waals surface area contributed by atoms with Gasteiger partial charge in [-0.2, -0.15) is 13.2 Å². The Kier molecular flexibility index (Phi) is 8.54. The minimum absolute atomic E-state index is 0.0875. The van der Waals surface area contributed by atoms with Gasteiger partial charge in [0, 0.05) is 68.6 Å². The van der Waals surface area contributed by atoms with Crippen molar-refractivity contribution in [2.24, 2.45) is 0 Å². The van der Waals surface area contributed by atoms with Crippen LogP contribution in [-0.2, 0) is 17.5 Å². The minimum Gasteiger partial charge on any atom is -0.345 e. The highest BCUT2D eigenvalue weighted by Gasteiger charge is 2.34. The number of benzene rings is 2. The van der Waals surface area contributed by atoms with Gasteiger partial charge in [-0.3, -0.25) is 14.7 Å². The Morgan fingerprint density at radius 3 is 2.25 bits per heavy atom. The van der Waals surface area contributed by atoms with E-state index in [2.05, 4.69) is 39.0 Å². The zero-order valence-electron chi connectivity index (χ0n) is 22.7. The van der Waals surface area contributed by atoms with Gasteiger partial charge in [0.15, 0.2) is 0 Å².